The number of hydrogen-bond donors (Lipinski definition) is 3. The van der Waals surface area contributed by atoms with Crippen molar-refractivity contribution in [2.45, 2.75) is 39.5 Å². The Balaban J connectivity index is 1.32. The van der Waals surface area contributed by atoms with Crippen LogP contribution in [0.4, 0.5) is 21.7 Å². The Morgan fingerprint density at radius 1 is 1.12 bits per heavy atom. The lowest BCUT2D eigenvalue weighted by Crippen LogP contribution is -2.36. The number of fused-ring (bicyclic) bond motifs is 1. The second-order valence-corrected chi connectivity index (χ2v) is 10.8. The van der Waals surface area contributed by atoms with E-state index in [0.717, 1.165) is 18.5 Å². The topological polar surface area (TPSA) is 138 Å². The van der Waals surface area contributed by atoms with Crippen molar-refractivity contribution in [1.82, 2.24) is 30.0 Å². The number of carbonyl (C=O) groups excluding carboxylic acids is 2. The minimum absolute atomic E-state index is 0.0804. The van der Waals surface area contributed by atoms with Gasteiger partial charge < -0.3 is 20.3 Å². The normalized spacial score (nSPS) is 14.1. The number of nitrogens with one attached hydrogen (secondary N) is 3. The summed E-state index contributed by atoms with van der Waals surface area (Å²) in [5.74, 6) is 0.716. The number of rotatable bonds is 7. The molecule has 0 saturated carbocycles. The molecular weight excluding hydrogens is 527 g/mol. The minimum atomic E-state index is -0.583. The molecule has 0 bridgehead atoms. The molecule has 0 spiro atoms. The van der Waals surface area contributed by atoms with Gasteiger partial charge in [0, 0.05) is 42.8 Å². The van der Waals surface area contributed by atoms with E-state index in [9.17, 15) is 9.59 Å². The zero-order chi connectivity index (χ0) is 29.1. The Kier molecular flexibility index (Phi) is 7.64. The van der Waals surface area contributed by atoms with Crippen LogP contribution in [0, 0.1) is 11.2 Å². The summed E-state index contributed by atoms with van der Waals surface area (Å²) in [6, 6.07) is 7.63. The van der Waals surface area contributed by atoms with Crippen LogP contribution in [-0.4, -0.2) is 55.0 Å². The molecule has 1 saturated heterocycles. The molecule has 212 valence electrons. The van der Waals surface area contributed by atoms with Crippen LogP contribution < -0.4 is 15.4 Å². The predicted octanol–water partition coefficient (Wildman–Crippen LogP) is 5.30. The maximum Gasteiger partial charge on any atom is 0.245 e. The first kappa shape index (κ1) is 27.7. The zero-order valence-electron chi connectivity index (χ0n) is 23.1. The Morgan fingerprint density at radius 2 is 1.88 bits per heavy atom. The van der Waals surface area contributed by atoms with E-state index in [1.165, 1.54) is 24.7 Å². The van der Waals surface area contributed by atoms with Crippen molar-refractivity contribution in [1.29, 1.82) is 0 Å². The maximum absolute atomic E-state index is 15.2. The molecule has 0 atom stereocenters. The third-order valence-electron chi connectivity index (χ3n) is 6.85. The summed E-state index contributed by atoms with van der Waals surface area (Å²) >= 11 is 0. The van der Waals surface area contributed by atoms with E-state index in [-0.39, 0.29) is 29.2 Å². The molecule has 0 unspecified atom stereocenters. The fourth-order valence-corrected chi connectivity index (χ4v) is 4.56. The first-order chi connectivity index (χ1) is 19.6. The number of anilines is 3. The zero-order valence-corrected chi connectivity index (χ0v) is 23.1. The van der Waals surface area contributed by atoms with Crippen molar-refractivity contribution in [3.8, 4) is 11.5 Å². The first-order valence-electron chi connectivity index (χ1n) is 13.2. The highest BCUT2D eigenvalue weighted by molar-refractivity contribution is 5.94. The molecule has 3 N–H and O–H groups in total. The maximum atomic E-state index is 15.2. The van der Waals surface area contributed by atoms with Crippen molar-refractivity contribution in [2.75, 3.05) is 23.7 Å². The van der Waals surface area contributed by atoms with E-state index in [0.29, 0.717) is 41.5 Å². The Labute approximate surface area is 236 Å². The monoisotopic (exact) mass is 558 g/mol. The summed E-state index contributed by atoms with van der Waals surface area (Å²) in [6.07, 6.45) is 5.68. The lowest BCUT2D eigenvalue weighted by atomic mass is 9.92. The van der Waals surface area contributed by atoms with Gasteiger partial charge in [-0.3, -0.25) is 14.7 Å². The van der Waals surface area contributed by atoms with Gasteiger partial charge in [-0.25, -0.2) is 19.3 Å². The Morgan fingerprint density at radius 3 is 2.59 bits per heavy atom. The van der Waals surface area contributed by atoms with E-state index in [1.807, 2.05) is 0 Å². The van der Waals surface area contributed by atoms with Crippen LogP contribution in [0.5, 0.6) is 11.5 Å². The van der Waals surface area contributed by atoms with Crippen molar-refractivity contribution >= 4 is 40.2 Å². The molecule has 0 aliphatic carbocycles. The number of ether oxygens (including phenoxy) is 1. The van der Waals surface area contributed by atoms with Crippen LogP contribution in [0.1, 0.15) is 45.2 Å². The van der Waals surface area contributed by atoms with Crippen molar-refractivity contribution in [2.24, 2.45) is 5.41 Å². The first-order valence-corrected chi connectivity index (χ1v) is 13.2. The highest BCUT2D eigenvalue weighted by atomic mass is 19.1. The average Bonchev–Trinajstić information content (AvgIpc) is 3.39. The van der Waals surface area contributed by atoms with Gasteiger partial charge in [0.2, 0.25) is 11.8 Å². The number of benzene rings is 1. The van der Waals surface area contributed by atoms with Gasteiger partial charge in [-0.05, 0) is 37.1 Å². The molecule has 4 aromatic rings. The molecule has 2 amide bonds. The number of nitrogens with zero attached hydrogens (tertiary/aromatic N) is 5. The number of hydrogen-bond acceptors (Lipinski definition) is 8. The molecule has 1 aliphatic rings. The molecule has 3 aromatic heterocycles. The summed E-state index contributed by atoms with van der Waals surface area (Å²) in [5, 5.41) is 13.9. The number of likely N-dealkylation sites (tertiary alicyclic amines) is 1. The predicted molar refractivity (Wildman–Crippen MR) is 153 cm³/mol. The number of pyridine rings is 1. The lowest BCUT2D eigenvalue weighted by molar-refractivity contribution is -0.127. The molecule has 5 rings (SSSR count). The summed E-state index contributed by atoms with van der Waals surface area (Å²) in [4.78, 5) is 38.8. The Bertz CT molecular complexity index is 1610. The van der Waals surface area contributed by atoms with E-state index in [1.54, 1.807) is 49.9 Å². The number of H-pyrrole nitrogens is 1. The molecule has 11 nitrogen and oxygen atoms in total. The van der Waals surface area contributed by atoms with Gasteiger partial charge in [0.05, 0.1) is 16.8 Å². The number of carbonyl (C=O) groups is 2. The molecule has 1 fully saturated rings. The third-order valence-corrected chi connectivity index (χ3v) is 6.85. The number of amides is 2. The van der Waals surface area contributed by atoms with E-state index >= 15 is 4.39 Å². The second kappa shape index (κ2) is 11.3. The largest absolute Gasteiger partial charge is 0.457 e. The van der Waals surface area contributed by atoms with E-state index in [4.69, 9.17) is 4.74 Å². The second-order valence-electron chi connectivity index (χ2n) is 10.8. The number of aromatic nitrogens is 5. The Hall–Kier alpha value is -4.87. The molecule has 4 heterocycles. The van der Waals surface area contributed by atoms with Gasteiger partial charge in [0.15, 0.2) is 5.65 Å². The molecule has 0 radical (unpaired) electrons. The quantitative estimate of drug-likeness (QED) is 0.260. The van der Waals surface area contributed by atoms with Crippen LogP contribution >= 0.6 is 0 Å². The summed E-state index contributed by atoms with van der Waals surface area (Å²) < 4.78 is 21.1. The smallest absolute Gasteiger partial charge is 0.245 e. The molecule has 41 heavy (non-hydrogen) atoms. The van der Waals surface area contributed by atoms with Crippen molar-refractivity contribution < 1.29 is 18.7 Å². The fourth-order valence-electron chi connectivity index (χ4n) is 4.56. The van der Waals surface area contributed by atoms with Crippen LogP contribution in [0.15, 0.2) is 55.5 Å². The minimum Gasteiger partial charge on any atom is -0.457 e. The van der Waals surface area contributed by atoms with Crippen molar-refractivity contribution in [3.05, 3.63) is 67.0 Å². The van der Waals surface area contributed by atoms with Gasteiger partial charge in [0.25, 0.3) is 0 Å². The van der Waals surface area contributed by atoms with Crippen LogP contribution in [0.3, 0.4) is 0 Å². The van der Waals surface area contributed by atoms with Crippen molar-refractivity contribution in [3.63, 3.8) is 0 Å². The third kappa shape index (κ3) is 6.16. The van der Waals surface area contributed by atoms with Gasteiger partial charge in [-0.1, -0.05) is 27.4 Å². The number of aromatic amines is 1. The SMILES string of the molecule is C=CC(=O)N1CCC(c2[nH]nc3ncnc(Nc4ccc(Oc5ccnc(NC(=O)C(C)(C)C)c5)cc4F)c23)CC1. The van der Waals surface area contributed by atoms with Crippen LogP contribution in [0.25, 0.3) is 11.0 Å². The highest BCUT2D eigenvalue weighted by Gasteiger charge is 2.27. The molecular formula is C29H31FN8O3. The van der Waals surface area contributed by atoms with Gasteiger partial charge in [-0.15, -0.1) is 0 Å². The van der Waals surface area contributed by atoms with Gasteiger partial charge >= 0.3 is 0 Å². The van der Waals surface area contributed by atoms with Gasteiger partial charge in [-0.2, -0.15) is 5.10 Å². The fraction of sp³-hybridized carbons (Fsp3) is 0.310. The highest BCUT2D eigenvalue weighted by Crippen LogP contribution is 2.35. The summed E-state index contributed by atoms with van der Waals surface area (Å²) in [5.41, 5.74) is 0.930. The van der Waals surface area contributed by atoms with Gasteiger partial charge in [0.1, 0.15) is 35.3 Å². The van der Waals surface area contributed by atoms with E-state index < -0.39 is 11.2 Å². The molecule has 12 heteroatoms. The number of halogens is 1. The summed E-state index contributed by atoms with van der Waals surface area (Å²) in [6.45, 7) is 10.2. The average molecular weight is 559 g/mol. The lowest BCUT2D eigenvalue weighted by Gasteiger charge is -2.31. The summed E-state index contributed by atoms with van der Waals surface area (Å²) in [7, 11) is 0. The molecule has 1 aliphatic heterocycles. The van der Waals surface area contributed by atoms with E-state index in [2.05, 4.69) is 42.4 Å². The van der Waals surface area contributed by atoms with Crippen LogP contribution in [-0.2, 0) is 9.59 Å². The molecule has 1 aromatic carbocycles. The number of piperidine rings is 1. The van der Waals surface area contributed by atoms with Crippen LogP contribution in [0.2, 0.25) is 0 Å². The standard InChI is InChI=1S/C29H31FN8O3/c1-5-23(39)38-12-9-17(10-13-38)25-24-26(32-16-33-27(24)37-36-25)34-21-7-6-18(14-20(21)30)41-19-8-11-31-22(15-19)35-28(40)29(2,3)4/h5-8,11,14-17H,1,9-10,12-13H2,2-4H3,(H,31,35,40)(H2,32,33,34,36,37).